The molecular formula is C24H31N3O3S. The summed E-state index contributed by atoms with van der Waals surface area (Å²) in [6.07, 6.45) is 5.32. The van der Waals surface area contributed by atoms with Gasteiger partial charge in [0, 0.05) is 18.7 Å². The van der Waals surface area contributed by atoms with E-state index in [-0.39, 0.29) is 10.8 Å². The molecule has 31 heavy (non-hydrogen) atoms. The van der Waals surface area contributed by atoms with Gasteiger partial charge in [-0.3, -0.25) is 9.10 Å². The Morgan fingerprint density at radius 1 is 1.03 bits per heavy atom. The van der Waals surface area contributed by atoms with Crippen LogP contribution in [-0.2, 0) is 16.4 Å². The van der Waals surface area contributed by atoms with Crippen LogP contribution in [-0.4, -0.2) is 51.9 Å². The molecule has 7 heteroatoms. The maximum Gasteiger partial charge on any atom is 0.264 e. The van der Waals surface area contributed by atoms with E-state index in [1.165, 1.54) is 23.6 Å². The predicted molar refractivity (Wildman–Crippen MR) is 123 cm³/mol. The van der Waals surface area contributed by atoms with Crippen LogP contribution in [0, 0.1) is 6.92 Å². The number of benzene rings is 2. The molecule has 0 aliphatic carbocycles. The number of sulfonamides is 1. The maximum absolute atomic E-state index is 13.2. The summed E-state index contributed by atoms with van der Waals surface area (Å²) in [6, 6.07) is 12.3. The highest BCUT2D eigenvalue weighted by Crippen LogP contribution is 2.35. The van der Waals surface area contributed by atoms with Gasteiger partial charge in [0.15, 0.2) is 0 Å². The van der Waals surface area contributed by atoms with E-state index in [9.17, 15) is 13.2 Å². The van der Waals surface area contributed by atoms with E-state index < -0.39 is 10.0 Å². The van der Waals surface area contributed by atoms with Crippen molar-refractivity contribution in [3.05, 3.63) is 59.2 Å². The Kier molecular flexibility index (Phi) is 6.62. The number of nitrogens with one attached hydrogen (secondary N) is 1. The minimum absolute atomic E-state index is 0.120. The molecule has 0 atom stereocenters. The summed E-state index contributed by atoms with van der Waals surface area (Å²) in [5.74, 6) is -0.120. The van der Waals surface area contributed by atoms with Crippen molar-refractivity contribution in [1.82, 2.24) is 10.2 Å². The van der Waals surface area contributed by atoms with E-state index in [1.54, 1.807) is 36.4 Å². The van der Waals surface area contributed by atoms with Crippen LogP contribution in [0.3, 0.4) is 0 Å². The fraction of sp³-hybridized carbons (Fsp3) is 0.458. The topological polar surface area (TPSA) is 69.7 Å². The number of anilines is 1. The molecule has 1 fully saturated rings. The number of carbonyl (C=O) groups excluding carboxylic acids is 1. The van der Waals surface area contributed by atoms with Crippen LogP contribution in [0.15, 0.2) is 47.4 Å². The highest BCUT2D eigenvalue weighted by molar-refractivity contribution is 7.92. The number of amides is 1. The Morgan fingerprint density at radius 3 is 2.58 bits per heavy atom. The van der Waals surface area contributed by atoms with Gasteiger partial charge < -0.3 is 10.2 Å². The Morgan fingerprint density at radius 2 is 1.81 bits per heavy atom. The number of hydrogen-bond donors (Lipinski definition) is 1. The predicted octanol–water partition coefficient (Wildman–Crippen LogP) is 3.35. The number of rotatable bonds is 7. The minimum Gasteiger partial charge on any atom is -0.352 e. The van der Waals surface area contributed by atoms with Crippen LogP contribution in [0.1, 0.15) is 47.2 Å². The molecule has 0 aromatic heterocycles. The second-order valence-electron chi connectivity index (χ2n) is 8.46. The number of carbonyl (C=O) groups is 1. The lowest BCUT2D eigenvalue weighted by atomic mass is 10.0. The van der Waals surface area contributed by atoms with E-state index in [0.717, 1.165) is 37.2 Å². The quantitative estimate of drug-likeness (QED) is 0.669. The van der Waals surface area contributed by atoms with Gasteiger partial charge >= 0.3 is 0 Å². The molecule has 2 aliphatic rings. The lowest BCUT2D eigenvalue weighted by Gasteiger charge is -2.26. The third-order valence-corrected chi connectivity index (χ3v) is 8.00. The number of fused-ring (bicyclic) bond motifs is 1. The van der Waals surface area contributed by atoms with Crippen molar-refractivity contribution >= 4 is 21.6 Å². The van der Waals surface area contributed by atoms with Crippen molar-refractivity contribution in [2.45, 2.75) is 43.9 Å². The van der Waals surface area contributed by atoms with Gasteiger partial charge in [-0.2, -0.15) is 0 Å². The lowest BCUT2D eigenvalue weighted by Crippen LogP contribution is -2.33. The van der Waals surface area contributed by atoms with Crippen LogP contribution in [0.4, 0.5) is 5.69 Å². The van der Waals surface area contributed by atoms with Gasteiger partial charge in [-0.05, 0) is 87.6 Å². The number of nitrogens with zero attached hydrogens (tertiary/aromatic N) is 2. The Hall–Kier alpha value is -2.38. The largest absolute Gasteiger partial charge is 0.352 e. The van der Waals surface area contributed by atoms with Crippen molar-refractivity contribution in [2.75, 3.05) is 37.0 Å². The number of likely N-dealkylation sites (tertiary alicyclic amines) is 1. The normalized spacial score (nSPS) is 16.9. The van der Waals surface area contributed by atoms with Crippen LogP contribution >= 0.6 is 0 Å². The zero-order valence-corrected chi connectivity index (χ0v) is 19.0. The number of piperidine rings is 1. The van der Waals surface area contributed by atoms with Gasteiger partial charge in [0.05, 0.1) is 10.6 Å². The summed E-state index contributed by atoms with van der Waals surface area (Å²) in [5, 5.41) is 3.03. The Labute approximate surface area is 185 Å². The SMILES string of the molecule is Cc1cccc(S(=O)(=O)N2CCc3c(C(=O)NCCCN4CCCCC4)cccc32)c1. The van der Waals surface area contributed by atoms with E-state index in [0.29, 0.717) is 30.8 Å². The summed E-state index contributed by atoms with van der Waals surface area (Å²) in [7, 11) is -3.65. The van der Waals surface area contributed by atoms with Crippen LogP contribution in [0.5, 0.6) is 0 Å². The van der Waals surface area contributed by atoms with Gasteiger partial charge in [0.1, 0.15) is 0 Å². The van der Waals surface area contributed by atoms with E-state index >= 15 is 0 Å². The molecule has 0 radical (unpaired) electrons. The number of aryl methyl sites for hydroxylation is 1. The van der Waals surface area contributed by atoms with E-state index in [2.05, 4.69) is 10.2 Å². The smallest absolute Gasteiger partial charge is 0.264 e. The van der Waals surface area contributed by atoms with E-state index in [1.807, 2.05) is 13.0 Å². The third-order valence-electron chi connectivity index (χ3n) is 6.19. The van der Waals surface area contributed by atoms with Crippen molar-refractivity contribution in [3.8, 4) is 0 Å². The second-order valence-corrected chi connectivity index (χ2v) is 10.3. The van der Waals surface area contributed by atoms with Crippen molar-refractivity contribution in [3.63, 3.8) is 0 Å². The first-order chi connectivity index (χ1) is 15.0. The molecule has 1 amide bonds. The molecule has 166 valence electrons. The Bertz CT molecular complexity index is 1050. The van der Waals surface area contributed by atoms with Gasteiger partial charge in [0.2, 0.25) is 0 Å². The van der Waals surface area contributed by atoms with Crippen LogP contribution < -0.4 is 9.62 Å². The van der Waals surface area contributed by atoms with E-state index in [4.69, 9.17) is 0 Å². The summed E-state index contributed by atoms with van der Waals surface area (Å²) in [6.45, 7) is 6.19. The summed E-state index contributed by atoms with van der Waals surface area (Å²) >= 11 is 0. The van der Waals surface area contributed by atoms with Gasteiger partial charge in [-0.1, -0.05) is 24.6 Å². The minimum atomic E-state index is -3.65. The molecule has 2 aliphatic heterocycles. The van der Waals surface area contributed by atoms with Crippen molar-refractivity contribution < 1.29 is 13.2 Å². The summed E-state index contributed by atoms with van der Waals surface area (Å²) in [5.41, 5.74) is 2.91. The van der Waals surface area contributed by atoms with Gasteiger partial charge in [-0.15, -0.1) is 0 Å². The molecule has 1 saturated heterocycles. The highest BCUT2D eigenvalue weighted by atomic mass is 32.2. The molecular weight excluding hydrogens is 410 g/mol. The molecule has 2 aromatic rings. The van der Waals surface area contributed by atoms with Crippen molar-refractivity contribution in [1.29, 1.82) is 0 Å². The molecule has 0 unspecified atom stereocenters. The third kappa shape index (κ3) is 4.77. The molecule has 0 spiro atoms. The standard InChI is InChI=1S/C24H31N3O3S/c1-19-8-5-9-20(18-19)31(29,30)27-17-12-21-22(10-6-11-23(21)27)24(28)25-13-7-16-26-14-3-2-4-15-26/h5-6,8-11,18H,2-4,7,12-17H2,1H3,(H,25,28). The zero-order chi connectivity index (χ0) is 21.8. The number of hydrogen-bond acceptors (Lipinski definition) is 4. The Balaban J connectivity index is 1.44. The molecule has 2 aromatic carbocycles. The molecule has 4 rings (SSSR count). The first-order valence-corrected chi connectivity index (χ1v) is 12.6. The first kappa shape index (κ1) is 21.8. The van der Waals surface area contributed by atoms with Crippen molar-refractivity contribution in [2.24, 2.45) is 0 Å². The van der Waals surface area contributed by atoms with Crippen LogP contribution in [0.25, 0.3) is 0 Å². The molecule has 0 saturated carbocycles. The maximum atomic E-state index is 13.2. The van der Waals surface area contributed by atoms with Crippen LogP contribution in [0.2, 0.25) is 0 Å². The van der Waals surface area contributed by atoms with Gasteiger partial charge in [-0.25, -0.2) is 8.42 Å². The monoisotopic (exact) mass is 441 g/mol. The first-order valence-electron chi connectivity index (χ1n) is 11.2. The highest BCUT2D eigenvalue weighted by Gasteiger charge is 2.33. The molecule has 0 bridgehead atoms. The molecule has 2 heterocycles. The fourth-order valence-corrected chi connectivity index (χ4v) is 6.15. The molecule has 6 nitrogen and oxygen atoms in total. The second kappa shape index (κ2) is 9.40. The average molecular weight is 442 g/mol. The fourth-order valence-electron chi connectivity index (χ4n) is 4.55. The summed E-state index contributed by atoms with van der Waals surface area (Å²) in [4.78, 5) is 15.6. The molecule has 1 N–H and O–H groups in total. The van der Waals surface area contributed by atoms with Gasteiger partial charge in [0.25, 0.3) is 15.9 Å². The lowest BCUT2D eigenvalue weighted by molar-refractivity contribution is 0.0950. The summed E-state index contributed by atoms with van der Waals surface area (Å²) < 4.78 is 27.9. The average Bonchev–Trinajstić information content (AvgIpc) is 3.22. The zero-order valence-electron chi connectivity index (χ0n) is 18.1.